The second-order valence-electron chi connectivity index (χ2n) is 5.24. The van der Waals surface area contributed by atoms with E-state index >= 15 is 0 Å². The quantitative estimate of drug-likeness (QED) is 0.294. The Morgan fingerprint density at radius 2 is 1.96 bits per heavy atom. The van der Waals surface area contributed by atoms with Crippen LogP contribution in [0.15, 0.2) is 63.4 Å². The summed E-state index contributed by atoms with van der Waals surface area (Å²) >= 11 is 1.26. The van der Waals surface area contributed by atoms with Gasteiger partial charge in [0.1, 0.15) is 12.0 Å². The molecule has 0 aliphatic rings. The number of nitro benzene ring substituents is 1. The summed E-state index contributed by atoms with van der Waals surface area (Å²) in [6.07, 6.45) is 4.28. The maximum Gasteiger partial charge on any atom is 0.336 e. The number of hydrogen-bond donors (Lipinski definition) is 1. The van der Waals surface area contributed by atoms with Crippen LogP contribution in [0.2, 0.25) is 0 Å². The number of rotatable bonds is 6. The predicted octanol–water partition coefficient (Wildman–Crippen LogP) is 3.00. The second kappa shape index (κ2) is 7.79. The van der Waals surface area contributed by atoms with E-state index in [1.54, 1.807) is 18.5 Å². The van der Waals surface area contributed by atoms with E-state index in [4.69, 9.17) is 4.42 Å². The summed E-state index contributed by atoms with van der Waals surface area (Å²) in [5.74, 6) is -0.677. The van der Waals surface area contributed by atoms with Crippen LogP contribution in [-0.2, 0) is 5.75 Å². The van der Waals surface area contributed by atoms with E-state index in [2.05, 4.69) is 9.97 Å². The average Bonchev–Trinajstić information content (AvgIpc) is 2.66. The molecule has 27 heavy (non-hydrogen) atoms. The monoisotopic (exact) mass is 385 g/mol. The highest BCUT2D eigenvalue weighted by Gasteiger charge is 2.19. The number of non-ortho nitro benzene ring substituents is 1. The number of carboxylic acid groups (broad SMARTS) is 1. The van der Waals surface area contributed by atoms with E-state index in [-0.39, 0.29) is 22.4 Å². The molecule has 136 valence electrons. The lowest BCUT2D eigenvalue weighted by atomic mass is 10.00. The van der Waals surface area contributed by atoms with Crippen LogP contribution in [0.3, 0.4) is 0 Å². The number of carbonyl (C=O) groups is 1. The summed E-state index contributed by atoms with van der Waals surface area (Å²) in [6, 6.07) is 6.10. The van der Waals surface area contributed by atoms with Crippen LogP contribution in [-0.4, -0.2) is 26.0 Å². The Kier molecular flexibility index (Phi) is 5.27. The molecule has 3 aromatic rings. The van der Waals surface area contributed by atoms with Gasteiger partial charge in [0, 0.05) is 36.2 Å². The van der Waals surface area contributed by atoms with E-state index in [9.17, 15) is 24.8 Å². The zero-order valence-electron chi connectivity index (χ0n) is 13.6. The second-order valence-corrected chi connectivity index (χ2v) is 6.18. The summed E-state index contributed by atoms with van der Waals surface area (Å²) in [6.45, 7) is 0. The lowest BCUT2D eigenvalue weighted by Gasteiger charge is -2.06. The van der Waals surface area contributed by atoms with Crippen molar-refractivity contribution in [3.63, 3.8) is 0 Å². The van der Waals surface area contributed by atoms with Gasteiger partial charge in [0.05, 0.1) is 21.8 Å². The smallest absolute Gasteiger partial charge is 0.336 e. The van der Waals surface area contributed by atoms with Crippen molar-refractivity contribution < 1.29 is 19.2 Å². The van der Waals surface area contributed by atoms with Crippen LogP contribution >= 0.6 is 11.8 Å². The van der Waals surface area contributed by atoms with E-state index in [1.165, 1.54) is 17.8 Å². The molecule has 0 amide bonds. The van der Waals surface area contributed by atoms with Gasteiger partial charge in [0.2, 0.25) is 0 Å². The fourth-order valence-corrected chi connectivity index (χ4v) is 2.97. The van der Waals surface area contributed by atoms with Crippen molar-refractivity contribution >= 4 is 23.4 Å². The third-order valence-corrected chi connectivity index (χ3v) is 4.40. The van der Waals surface area contributed by atoms with E-state index < -0.39 is 16.3 Å². The van der Waals surface area contributed by atoms with Crippen molar-refractivity contribution in [2.75, 3.05) is 0 Å². The first-order valence-corrected chi connectivity index (χ1v) is 8.48. The maximum absolute atomic E-state index is 12.4. The number of thioether (sulfide) groups is 1. The van der Waals surface area contributed by atoms with Gasteiger partial charge in [-0.2, -0.15) is 0 Å². The van der Waals surface area contributed by atoms with Crippen LogP contribution < -0.4 is 5.43 Å². The van der Waals surface area contributed by atoms with Crippen molar-refractivity contribution in [1.29, 1.82) is 0 Å². The van der Waals surface area contributed by atoms with Gasteiger partial charge >= 0.3 is 5.97 Å². The zero-order valence-corrected chi connectivity index (χ0v) is 14.4. The molecule has 0 fully saturated rings. The molecule has 1 aromatic carbocycles. The fourth-order valence-electron chi connectivity index (χ4n) is 2.27. The van der Waals surface area contributed by atoms with E-state index in [0.29, 0.717) is 16.7 Å². The van der Waals surface area contributed by atoms with Gasteiger partial charge in [-0.05, 0) is 12.1 Å². The third kappa shape index (κ3) is 4.18. The number of nitrogens with zero attached hydrogens (tertiary/aromatic N) is 3. The molecule has 0 aliphatic carbocycles. The Morgan fingerprint density at radius 1 is 1.22 bits per heavy atom. The summed E-state index contributed by atoms with van der Waals surface area (Å²) in [4.78, 5) is 42.2. The molecule has 2 aromatic heterocycles. The van der Waals surface area contributed by atoms with Gasteiger partial charge in [0.25, 0.3) is 5.69 Å². The lowest BCUT2D eigenvalue weighted by molar-refractivity contribution is -0.384. The molecule has 3 rings (SSSR count). The number of carboxylic acids is 1. The van der Waals surface area contributed by atoms with Gasteiger partial charge in [-0.1, -0.05) is 11.8 Å². The maximum atomic E-state index is 12.4. The van der Waals surface area contributed by atoms with Crippen LogP contribution in [0.25, 0.3) is 11.1 Å². The van der Waals surface area contributed by atoms with Crippen molar-refractivity contribution in [3.05, 3.63) is 80.7 Å². The van der Waals surface area contributed by atoms with Gasteiger partial charge < -0.3 is 9.52 Å². The first-order valence-electron chi connectivity index (χ1n) is 7.49. The molecule has 10 heteroatoms. The number of benzene rings is 1. The molecule has 0 saturated heterocycles. The highest BCUT2D eigenvalue weighted by atomic mass is 32.2. The van der Waals surface area contributed by atoms with E-state index in [1.807, 2.05) is 0 Å². The lowest BCUT2D eigenvalue weighted by Crippen LogP contribution is -2.08. The molecule has 0 saturated carbocycles. The Balaban J connectivity index is 1.94. The molecule has 0 unspecified atom stereocenters. The standard InChI is InChI=1S/C17H11N3O6S/c21-15-7-11(9-27-17-18-4-1-5-19-17)26-8-14(15)13-6-10(20(24)25)2-3-12(13)16(22)23/h1-8H,9H2,(H,22,23). The molecule has 0 atom stereocenters. The molecule has 0 aliphatic heterocycles. The minimum Gasteiger partial charge on any atom is -0.478 e. The number of aromatic carboxylic acids is 1. The molecule has 9 nitrogen and oxygen atoms in total. The summed E-state index contributed by atoms with van der Waals surface area (Å²) < 4.78 is 5.41. The fraction of sp³-hybridized carbons (Fsp3) is 0.0588. The molecular weight excluding hydrogens is 374 g/mol. The zero-order chi connectivity index (χ0) is 19.4. The highest BCUT2D eigenvalue weighted by Crippen LogP contribution is 2.27. The molecule has 0 spiro atoms. The molecule has 0 radical (unpaired) electrons. The molecule has 2 heterocycles. The Hall–Kier alpha value is -3.53. The molecule has 1 N–H and O–H groups in total. The van der Waals surface area contributed by atoms with E-state index in [0.717, 1.165) is 24.5 Å². The van der Waals surface area contributed by atoms with Crippen LogP contribution in [0.5, 0.6) is 0 Å². The molecular formula is C17H11N3O6S. The summed E-state index contributed by atoms with van der Waals surface area (Å²) in [5.41, 5.74) is -1.20. The average molecular weight is 385 g/mol. The topological polar surface area (TPSA) is 136 Å². The Bertz CT molecular complexity index is 1070. The minimum atomic E-state index is -1.31. The van der Waals surface area contributed by atoms with Crippen LogP contribution in [0, 0.1) is 10.1 Å². The largest absolute Gasteiger partial charge is 0.478 e. The minimum absolute atomic E-state index is 0.0687. The van der Waals surface area contributed by atoms with Gasteiger partial charge in [-0.15, -0.1) is 0 Å². The van der Waals surface area contributed by atoms with Crippen LogP contribution in [0.4, 0.5) is 5.69 Å². The number of aromatic nitrogens is 2. The van der Waals surface area contributed by atoms with Crippen molar-refractivity contribution in [2.45, 2.75) is 10.9 Å². The van der Waals surface area contributed by atoms with Gasteiger partial charge in [-0.25, -0.2) is 14.8 Å². The molecule has 0 bridgehead atoms. The number of nitro groups is 1. The van der Waals surface area contributed by atoms with Crippen molar-refractivity contribution in [3.8, 4) is 11.1 Å². The predicted molar refractivity (Wildman–Crippen MR) is 95.6 cm³/mol. The first kappa shape index (κ1) is 18.3. The van der Waals surface area contributed by atoms with Crippen molar-refractivity contribution in [1.82, 2.24) is 9.97 Å². The first-order chi connectivity index (χ1) is 13.0. The Labute approximate surface area is 155 Å². The third-order valence-electron chi connectivity index (χ3n) is 3.51. The van der Waals surface area contributed by atoms with Gasteiger partial charge in [0.15, 0.2) is 10.6 Å². The highest BCUT2D eigenvalue weighted by molar-refractivity contribution is 7.98. The normalized spacial score (nSPS) is 10.5. The summed E-state index contributed by atoms with van der Waals surface area (Å²) in [5, 5.41) is 20.8. The summed E-state index contributed by atoms with van der Waals surface area (Å²) in [7, 11) is 0. The Morgan fingerprint density at radius 3 is 2.59 bits per heavy atom. The van der Waals surface area contributed by atoms with Gasteiger partial charge in [-0.3, -0.25) is 14.9 Å². The van der Waals surface area contributed by atoms with Crippen LogP contribution in [0.1, 0.15) is 16.1 Å². The van der Waals surface area contributed by atoms with Crippen molar-refractivity contribution in [2.24, 2.45) is 0 Å². The SMILES string of the molecule is O=C(O)c1ccc([N+](=O)[O-])cc1-c1coc(CSc2ncccn2)cc1=O. The number of hydrogen-bond acceptors (Lipinski definition) is 8.